The number of aromatic hydroxyl groups is 2. The Bertz CT molecular complexity index is 497. The molecule has 0 saturated heterocycles. The van der Waals surface area contributed by atoms with Gasteiger partial charge in [-0.05, 0) is 5.18 Å². The number of nitro groups is 2. The van der Waals surface area contributed by atoms with E-state index in [2.05, 4.69) is 5.18 Å². The monoisotopic (exact) mass is 229 g/mol. The molecule has 0 bridgehead atoms. The van der Waals surface area contributed by atoms with Gasteiger partial charge in [0.05, 0.1) is 9.85 Å². The molecule has 0 amide bonds. The number of phenols is 2. The predicted molar refractivity (Wildman–Crippen MR) is 48.5 cm³/mol. The fraction of sp³-hybridized carbons (Fsp3) is 0. The third kappa shape index (κ3) is 1.58. The van der Waals surface area contributed by atoms with Gasteiger partial charge in [0, 0.05) is 0 Å². The van der Waals surface area contributed by atoms with Crippen LogP contribution in [0.3, 0.4) is 0 Å². The highest BCUT2D eigenvalue weighted by Gasteiger charge is 2.30. The fourth-order valence-corrected chi connectivity index (χ4v) is 0.989. The first-order valence-corrected chi connectivity index (χ1v) is 3.61. The van der Waals surface area contributed by atoms with Gasteiger partial charge in [0.2, 0.25) is 17.2 Å². The highest BCUT2D eigenvalue weighted by molar-refractivity contribution is 5.76. The minimum absolute atomic E-state index is 0.339. The van der Waals surface area contributed by atoms with E-state index >= 15 is 0 Å². The third-order valence-electron chi connectivity index (χ3n) is 1.69. The molecule has 2 N–H and O–H groups in total. The van der Waals surface area contributed by atoms with Gasteiger partial charge in [0.25, 0.3) is 0 Å². The number of nitroso groups, excluding NO2 is 1. The topological polar surface area (TPSA) is 156 Å². The zero-order valence-electron chi connectivity index (χ0n) is 7.35. The second-order valence-electron chi connectivity index (χ2n) is 2.57. The van der Waals surface area contributed by atoms with E-state index in [1.807, 2.05) is 0 Å². The lowest BCUT2D eigenvalue weighted by atomic mass is 10.2. The average Bonchev–Trinajstić information content (AvgIpc) is 2.20. The van der Waals surface area contributed by atoms with E-state index in [0.717, 1.165) is 0 Å². The zero-order valence-corrected chi connectivity index (χ0v) is 7.35. The number of phenolic OH excluding ortho intramolecular Hbond substituents is 2. The van der Waals surface area contributed by atoms with Gasteiger partial charge in [-0.3, -0.25) is 20.2 Å². The SMILES string of the molecule is O=Nc1c([N+](=O)[O-])cc([N+](=O)[O-])c(O)c1O. The summed E-state index contributed by atoms with van der Waals surface area (Å²) in [5, 5.41) is 41.1. The standard InChI is InChI=1S/C6H3N3O7/c10-5-3(9(15)16)1-2(8(13)14)4(7-12)6(5)11/h1,10-11H. The number of hydrogen-bond donors (Lipinski definition) is 2. The smallest absolute Gasteiger partial charge is 0.321 e. The molecule has 0 heterocycles. The summed E-state index contributed by atoms with van der Waals surface area (Å²) >= 11 is 0. The molecule has 0 radical (unpaired) electrons. The first-order chi connectivity index (χ1) is 7.40. The van der Waals surface area contributed by atoms with Crippen molar-refractivity contribution in [3.63, 3.8) is 0 Å². The number of benzene rings is 1. The van der Waals surface area contributed by atoms with Crippen LogP contribution in [0.15, 0.2) is 11.2 Å². The Kier molecular flexibility index (Phi) is 2.66. The van der Waals surface area contributed by atoms with Gasteiger partial charge in [0.1, 0.15) is 6.07 Å². The molecule has 0 aliphatic carbocycles. The second kappa shape index (κ2) is 3.76. The summed E-state index contributed by atoms with van der Waals surface area (Å²) < 4.78 is 0. The summed E-state index contributed by atoms with van der Waals surface area (Å²) in [6.45, 7) is 0. The van der Waals surface area contributed by atoms with E-state index in [1.165, 1.54) is 0 Å². The van der Waals surface area contributed by atoms with Crippen molar-refractivity contribution in [3.8, 4) is 11.5 Å². The summed E-state index contributed by atoms with van der Waals surface area (Å²) in [5.74, 6) is -2.54. The predicted octanol–water partition coefficient (Wildman–Crippen LogP) is 1.31. The number of hydrogen-bond acceptors (Lipinski definition) is 8. The Morgan fingerprint density at radius 3 is 1.94 bits per heavy atom. The van der Waals surface area contributed by atoms with Crippen LogP contribution in [0.2, 0.25) is 0 Å². The van der Waals surface area contributed by atoms with E-state index in [4.69, 9.17) is 10.2 Å². The largest absolute Gasteiger partial charge is 0.502 e. The van der Waals surface area contributed by atoms with Crippen LogP contribution < -0.4 is 0 Å². The summed E-state index contributed by atoms with van der Waals surface area (Å²) in [4.78, 5) is 28.7. The van der Waals surface area contributed by atoms with E-state index < -0.39 is 38.4 Å². The molecule has 0 fully saturated rings. The normalized spacial score (nSPS) is 9.75. The van der Waals surface area contributed by atoms with E-state index in [1.54, 1.807) is 0 Å². The van der Waals surface area contributed by atoms with Gasteiger partial charge in [-0.1, -0.05) is 0 Å². The molecule has 10 nitrogen and oxygen atoms in total. The molecule has 1 aromatic rings. The van der Waals surface area contributed by atoms with Crippen molar-refractivity contribution in [2.45, 2.75) is 0 Å². The second-order valence-corrected chi connectivity index (χ2v) is 2.57. The maximum Gasteiger partial charge on any atom is 0.321 e. The lowest BCUT2D eigenvalue weighted by molar-refractivity contribution is -0.394. The van der Waals surface area contributed by atoms with Crippen molar-refractivity contribution in [3.05, 3.63) is 31.2 Å². The Morgan fingerprint density at radius 1 is 1.06 bits per heavy atom. The van der Waals surface area contributed by atoms with Crippen molar-refractivity contribution in [2.75, 3.05) is 0 Å². The Morgan fingerprint density at radius 2 is 1.56 bits per heavy atom. The van der Waals surface area contributed by atoms with Crippen LogP contribution in [-0.2, 0) is 0 Å². The highest BCUT2D eigenvalue weighted by atomic mass is 16.6. The molecule has 0 atom stereocenters. The van der Waals surface area contributed by atoms with Gasteiger partial charge < -0.3 is 10.2 Å². The number of nitro benzene ring substituents is 2. The number of nitrogens with zero attached hydrogens (tertiary/aromatic N) is 3. The quantitative estimate of drug-likeness (QED) is 0.342. The lowest BCUT2D eigenvalue weighted by Crippen LogP contribution is -1.94. The van der Waals surface area contributed by atoms with Crippen molar-refractivity contribution in [1.29, 1.82) is 0 Å². The minimum atomic E-state index is -1.30. The van der Waals surface area contributed by atoms with Crippen molar-refractivity contribution < 1.29 is 20.1 Å². The summed E-state index contributed by atoms with van der Waals surface area (Å²) in [6.07, 6.45) is 0. The van der Waals surface area contributed by atoms with Crippen LogP contribution in [0.4, 0.5) is 17.1 Å². The average molecular weight is 229 g/mol. The van der Waals surface area contributed by atoms with Gasteiger partial charge in [-0.15, -0.1) is 4.91 Å². The zero-order chi connectivity index (χ0) is 12.5. The summed E-state index contributed by atoms with van der Waals surface area (Å²) in [6, 6.07) is 0.339. The van der Waals surface area contributed by atoms with Crippen LogP contribution >= 0.6 is 0 Å². The van der Waals surface area contributed by atoms with Crippen LogP contribution in [0, 0.1) is 25.1 Å². The third-order valence-corrected chi connectivity index (χ3v) is 1.69. The molecule has 10 heteroatoms. The van der Waals surface area contributed by atoms with E-state index in [-0.39, 0.29) is 0 Å². The fourth-order valence-electron chi connectivity index (χ4n) is 0.989. The van der Waals surface area contributed by atoms with E-state index in [9.17, 15) is 25.1 Å². The molecular formula is C6H3N3O7. The van der Waals surface area contributed by atoms with Gasteiger partial charge in [-0.2, -0.15) is 0 Å². The molecule has 0 unspecified atom stereocenters. The molecule has 0 aliphatic rings. The molecule has 84 valence electrons. The maximum atomic E-state index is 10.4. The first-order valence-electron chi connectivity index (χ1n) is 3.61. The Hall–Kier alpha value is -2.78. The molecule has 0 aliphatic heterocycles. The lowest BCUT2D eigenvalue weighted by Gasteiger charge is -2.01. The van der Waals surface area contributed by atoms with E-state index in [0.29, 0.717) is 6.07 Å². The van der Waals surface area contributed by atoms with Gasteiger partial charge >= 0.3 is 11.4 Å². The molecule has 0 saturated carbocycles. The summed E-state index contributed by atoms with van der Waals surface area (Å²) in [7, 11) is 0. The molecule has 1 aromatic carbocycles. The van der Waals surface area contributed by atoms with Crippen LogP contribution in [0.5, 0.6) is 11.5 Å². The van der Waals surface area contributed by atoms with Gasteiger partial charge in [0.15, 0.2) is 0 Å². The first kappa shape index (κ1) is 11.3. The number of rotatable bonds is 3. The highest BCUT2D eigenvalue weighted by Crippen LogP contribution is 2.47. The molecule has 0 spiro atoms. The summed E-state index contributed by atoms with van der Waals surface area (Å²) in [5.41, 5.74) is -3.21. The van der Waals surface area contributed by atoms with Crippen LogP contribution in [-0.4, -0.2) is 20.1 Å². The molecular weight excluding hydrogens is 226 g/mol. The van der Waals surface area contributed by atoms with Crippen molar-refractivity contribution >= 4 is 17.1 Å². The Labute approximate surface area is 86.0 Å². The van der Waals surface area contributed by atoms with Crippen molar-refractivity contribution in [2.24, 2.45) is 5.18 Å². The minimum Gasteiger partial charge on any atom is -0.502 e. The Balaban J connectivity index is 3.68. The molecule has 0 aromatic heterocycles. The maximum absolute atomic E-state index is 10.4. The van der Waals surface area contributed by atoms with Gasteiger partial charge in [-0.25, -0.2) is 0 Å². The molecule has 1 rings (SSSR count). The van der Waals surface area contributed by atoms with Crippen LogP contribution in [0.25, 0.3) is 0 Å². The molecule has 16 heavy (non-hydrogen) atoms. The van der Waals surface area contributed by atoms with Crippen molar-refractivity contribution in [1.82, 2.24) is 0 Å². The van der Waals surface area contributed by atoms with Crippen LogP contribution in [0.1, 0.15) is 0 Å².